The van der Waals surface area contributed by atoms with Crippen molar-refractivity contribution in [1.29, 1.82) is 0 Å². The average Bonchev–Trinajstić information content (AvgIpc) is 2.57. The van der Waals surface area contributed by atoms with E-state index in [4.69, 9.17) is 0 Å². The average molecular weight is 392 g/mol. The molecule has 0 heterocycles. The fourth-order valence-corrected chi connectivity index (χ4v) is 2.98. The van der Waals surface area contributed by atoms with Crippen molar-refractivity contribution in [2.75, 3.05) is 18.9 Å². The zero-order valence-corrected chi connectivity index (χ0v) is 16.3. The van der Waals surface area contributed by atoms with E-state index < -0.39 is 11.7 Å². The van der Waals surface area contributed by atoms with Gasteiger partial charge in [-0.1, -0.05) is 29.8 Å². The predicted molar refractivity (Wildman–Crippen MR) is 102 cm³/mol. The van der Waals surface area contributed by atoms with E-state index in [-0.39, 0.29) is 24.8 Å². The van der Waals surface area contributed by atoms with Crippen LogP contribution in [-0.4, -0.2) is 30.3 Å². The minimum atomic E-state index is -4.41. The lowest BCUT2D eigenvalue weighted by Gasteiger charge is -2.18. The Kier molecular flexibility index (Phi) is 6.48. The number of hydrogen-bond acceptors (Lipinski definition) is 2. The Balaban J connectivity index is 1.96. The third-order valence-corrected chi connectivity index (χ3v) is 4.38. The number of benzene rings is 2. The first-order chi connectivity index (χ1) is 13.0. The highest BCUT2D eigenvalue weighted by molar-refractivity contribution is 5.96. The molecule has 0 saturated carbocycles. The highest BCUT2D eigenvalue weighted by Gasteiger charge is 2.30. The van der Waals surface area contributed by atoms with Crippen LogP contribution in [0.4, 0.5) is 18.9 Å². The van der Waals surface area contributed by atoms with Gasteiger partial charge in [-0.05, 0) is 49.6 Å². The number of nitrogens with zero attached hydrogens (tertiary/aromatic N) is 1. The lowest BCUT2D eigenvalue weighted by Crippen LogP contribution is -2.36. The van der Waals surface area contributed by atoms with Crippen LogP contribution in [0.1, 0.15) is 27.8 Å². The van der Waals surface area contributed by atoms with Gasteiger partial charge in [0.1, 0.15) is 0 Å². The number of hydrogen-bond donors (Lipinski definition) is 1. The van der Waals surface area contributed by atoms with Gasteiger partial charge in [0, 0.05) is 12.7 Å². The summed E-state index contributed by atoms with van der Waals surface area (Å²) in [7, 11) is 1.49. The molecule has 150 valence electrons. The molecule has 28 heavy (non-hydrogen) atoms. The first-order valence-electron chi connectivity index (χ1n) is 8.75. The molecule has 2 rings (SSSR count). The van der Waals surface area contributed by atoms with Gasteiger partial charge in [0.15, 0.2) is 0 Å². The van der Waals surface area contributed by atoms with Crippen LogP contribution in [0.3, 0.4) is 0 Å². The van der Waals surface area contributed by atoms with Gasteiger partial charge in [0.05, 0.1) is 18.5 Å². The molecule has 7 heteroatoms. The Labute approximate surface area is 162 Å². The van der Waals surface area contributed by atoms with E-state index in [2.05, 4.69) is 5.32 Å². The number of rotatable bonds is 5. The molecular weight excluding hydrogens is 369 g/mol. The monoisotopic (exact) mass is 392 g/mol. The third kappa shape index (κ3) is 5.58. The Hall–Kier alpha value is -2.83. The Bertz CT molecular complexity index is 851. The molecule has 0 atom stereocenters. The predicted octanol–water partition coefficient (Wildman–Crippen LogP) is 4.27. The highest BCUT2D eigenvalue weighted by atomic mass is 19.4. The molecule has 4 nitrogen and oxygen atoms in total. The smallest absolute Gasteiger partial charge is 0.336 e. The first-order valence-corrected chi connectivity index (χ1v) is 8.75. The lowest BCUT2D eigenvalue weighted by molar-refractivity contribution is -0.137. The normalized spacial score (nSPS) is 11.2. The molecule has 2 aromatic rings. The number of likely N-dealkylation sites (N-methyl/N-ethyl adjacent to an activating group) is 1. The van der Waals surface area contributed by atoms with Crippen molar-refractivity contribution in [2.24, 2.45) is 0 Å². The van der Waals surface area contributed by atoms with Crippen LogP contribution in [0.25, 0.3) is 0 Å². The molecule has 2 aromatic carbocycles. The number of alkyl halides is 3. The molecule has 0 radical (unpaired) electrons. The van der Waals surface area contributed by atoms with E-state index in [1.807, 2.05) is 32.9 Å². The summed E-state index contributed by atoms with van der Waals surface area (Å²) < 4.78 is 37.8. The zero-order valence-electron chi connectivity index (χ0n) is 16.3. The van der Waals surface area contributed by atoms with Crippen LogP contribution < -0.4 is 5.32 Å². The third-order valence-electron chi connectivity index (χ3n) is 4.38. The van der Waals surface area contributed by atoms with Crippen molar-refractivity contribution in [1.82, 2.24) is 4.90 Å². The quantitative estimate of drug-likeness (QED) is 0.826. The van der Waals surface area contributed by atoms with Crippen molar-refractivity contribution >= 4 is 17.5 Å². The van der Waals surface area contributed by atoms with Crippen LogP contribution in [0.2, 0.25) is 0 Å². The van der Waals surface area contributed by atoms with Gasteiger partial charge in [-0.25, -0.2) is 0 Å². The summed E-state index contributed by atoms with van der Waals surface area (Å²) in [6.45, 7) is 5.62. The zero-order chi connectivity index (χ0) is 21.1. The van der Waals surface area contributed by atoms with Crippen LogP contribution in [0.15, 0.2) is 36.4 Å². The molecule has 0 spiro atoms. The van der Waals surface area contributed by atoms with E-state index in [1.54, 1.807) is 0 Å². The number of amides is 2. The molecule has 0 bridgehead atoms. The summed E-state index contributed by atoms with van der Waals surface area (Å²) in [6, 6.07) is 8.35. The Morgan fingerprint density at radius 3 is 2.04 bits per heavy atom. The van der Waals surface area contributed by atoms with Gasteiger partial charge in [0.25, 0.3) is 0 Å². The van der Waals surface area contributed by atoms with Gasteiger partial charge >= 0.3 is 6.18 Å². The van der Waals surface area contributed by atoms with Crippen LogP contribution in [0, 0.1) is 20.8 Å². The van der Waals surface area contributed by atoms with Crippen molar-refractivity contribution in [3.8, 4) is 0 Å². The number of carbonyl (C=O) groups is 2. The summed E-state index contributed by atoms with van der Waals surface area (Å²) in [4.78, 5) is 25.8. The maximum atomic E-state index is 12.6. The number of aryl methyl sites for hydroxylation is 3. The topological polar surface area (TPSA) is 49.4 Å². The highest BCUT2D eigenvalue weighted by Crippen LogP contribution is 2.29. The van der Waals surface area contributed by atoms with E-state index >= 15 is 0 Å². The van der Waals surface area contributed by atoms with Crippen LogP contribution in [0.5, 0.6) is 0 Å². The summed E-state index contributed by atoms with van der Waals surface area (Å²) in [5.74, 6) is -0.689. The minimum absolute atomic E-state index is 0.0789. The molecule has 0 aromatic heterocycles. The molecule has 0 aliphatic heterocycles. The SMILES string of the molecule is Cc1cc(C)c(NC(=O)CN(C)C(=O)Cc2ccc(C(F)(F)F)cc2)c(C)c1. The molecule has 0 saturated heterocycles. The van der Waals surface area contributed by atoms with Gasteiger partial charge in [-0.3, -0.25) is 9.59 Å². The van der Waals surface area contributed by atoms with Crippen LogP contribution in [-0.2, 0) is 22.2 Å². The van der Waals surface area contributed by atoms with Gasteiger partial charge in [0.2, 0.25) is 11.8 Å². The second-order valence-corrected chi connectivity index (χ2v) is 6.94. The molecule has 0 aliphatic rings. The van der Waals surface area contributed by atoms with Crippen molar-refractivity contribution in [3.63, 3.8) is 0 Å². The number of halogens is 3. The van der Waals surface area contributed by atoms with Gasteiger partial charge < -0.3 is 10.2 Å². The molecular formula is C21H23F3N2O2. The molecule has 2 amide bonds. The number of anilines is 1. The van der Waals surface area contributed by atoms with E-state index in [0.29, 0.717) is 5.56 Å². The minimum Gasteiger partial charge on any atom is -0.336 e. The largest absolute Gasteiger partial charge is 0.416 e. The molecule has 0 fully saturated rings. The summed E-state index contributed by atoms with van der Waals surface area (Å²) in [5.41, 5.74) is 3.38. The fraction of sp³-hybridized carbons (Fsp3) is 0.333. The fourth-order valence-electron chi connectivity index (χ4n) is 2.98. The van der Waals surface area contributed by atoms with Crippen molar-refractivity contribution < 1.29 is 22.8 Å². The van der Waals surface area contributed by atoms with E-state index in [0.717, 1.165) is 34.5 Å². The van der Waals surface area contributed by atoms with E-state index in [1.165, 1.54) is 24.1 Å². The standard InChI is InChI=1S/C21H23F3N2O2/c1-13-9-14(2)20(15(3)10-13)25-18(27)12-26(4)19(28)11-16-5-7-17(8-6-16)21(22,23)24/h5-10H,11-12H2,1-4H3,(H,25,27). The maximum Gasteiger partial charge on any atom is 0.416 e. The lowest BCUT2D eigenvalue weighted by atomic mass is 10.1. The first kappa shape index (κ1) is 21.5. The van der Waals surface area contributed by atoms with Crippen LogP contribution >= 0.6 is 0 Å². The van der Waals surface area contributed by atoms with Gasteiger partial charge in [-0.2, -0.15) is 13.2 Å². The number of nitrogens with one attached hydrogen (secondary N) is 1. The Morgan fingerprint density at radius 1 is 1.00 bits per heavy atom. The molecule has 1 N–H and O–H groups in total. The second-order valence-electron chi connectivity index (χ2n) is 6.94. The van der Waals surface area contributed by atoms with Gasteiger partial charge in [-0.15, -0.1) is 0 Å². The second kappa shape index (κ2) is 8.46. The summed E-state index contributed by atoms with van der Waals surface area (Å²) >= 11 is 0. The summed E-state index contributed by atoms with van der Waals surface area (Å²) in [5, 5.41) is 2.82. The molecule has 0 aliphatic carbocycles. The van der Waals surface area contributed by atoms with Crippen molar-refractivity contribution in [3.05, 3.63) is 64.2 Å². The van der Waals surface area contributed by atoms with E-state index in [9.17, 15) is 22.8 Å². The Morgan fingerprint density at radius 2 is 1.54 bits per heavy atom. The maximum absolute atomic E-state index is 12.6. The summed E-state index contributed by atoms with van der Waals surface area (Å²) in [6.07, 6.45) is -4.49. The van der Waals surface area contributed by atoms with Crippen molar-refractivity contribution in [2.45, 2.75) is 33.4 Å². The molecule has 0 unspecified atom stereocenters. The number of carbonyl (C=O) groups excluding carboxylic acids is 2.